The van der Waals surface area contributed by atoms with Crippen LogP contribution in [0.3, 0.4) is 0 Å². The van der Waals surface area contributed by atoms with E-state index in [4.69, 9.17) is 4.99 Å². The van der Waals surface area contributed by atoms with E-state index in [2.05, 4.69) is 51.8 Å². The van der Waals surface area contributed by atoms with Gasteiger partial charge in [-0.3, -0.25) is 4.99 Å². The van der Waals surface area contributed by atoms with E-state index in [0.717, 1.165) is 49.8 Å². The van der Waals surface area contributed by atoms with E-state index in [1.165, 1.54) is 17.8 Å². The zero-order valence-electron chi connectivity index (χ0n) is 17.8. The van der Waals surface area contributed by atoms with E-state index in [9.17, 15) is 4.39 Å². The van der Waals surface area contributed by atoms with Crippen LogP contribution in [0, 0.1) is 5.82 Å². The predicted molar refractivity (Wildman–Crippen MR) is 123 cm³/mol. The molecule has 6 nitrogen and oxygen atoms in total. The van der Waals surface area contributed by atoms with Gasteiger partial charge in [0.05, 0.1) is 11.4 Å². The van der Waals surface area contributed by atoms with Crippen molar-refractivity contribution in [3.8, 4) is 5.69 Å². The highest BCUT2D eigenvalue weighted by molar-refractivity contribution is 5.80. The van der Waals surface area contributed by atoms with Crippen molar-refractivity contribution >= 4 is 11.6 Å². The molecule has 4 rings (SSSR count). The Labute approximate surface area is 182 Å². The third-order valence-corrected chi connectivity index (χ3v) is 5.37. The molecule has 3 aromatic rings. The van der Waals surface area contributed by atoms with Gasteiger partial charge in [0.1, 0.15) is 5.82 Å². The van der Waals surface area contributed by atoms with E-state index in [0.29, 0.717) is 12.6 Å². The second-order valence-electron chi connectivity index (χ2n) is 7.65. The molecule has 2 aromatic carbocycles. The van der Waals surface area contributed by atoms with Gasteiger partial charge in [-0.25, -0.2) is 9.07 Å². The minimum absolute atomic E-state index is 0.247. The van der Waals surface area contributed by atoms with Crippen molar-refractivity contribution in [2.24, 2.45) is 4.99 Å². The Kier molecular flexibility index (Phi) is 6.82. The van der Waals surface area contributed by atoms with E-state index in [1.807, 2.05) is 18.3 Å². The third-order valence-electron chi connectivity index (χ3n) is 5.37. The average Bonchev–Trinajstić information content (AvgIpc) is 3.45. The molecule has 162 valence electrons. The Balaban J connectivity index is 1.31. The zero-order valence-corrected chi connectivity index (χ0v) is 17.8. The van der Waals surface area contributed by atoms with Crippen LogP contribution in [0.4, 0.5) is 10.1 Å². The molecule has 1 atom stereocenters. The SMILES string of the molecule is CCNC(=NCCc1ccn(-c2ccc(F)cc2)n1)NC1CCN(c2ccccc2)C1. The lowest BCUT2D eigenvalue weighted by atomic mass is 10.2. The van der Waals surface area contributed by atoms with Gasteiger partial charge in [-0.05, 0) is 55.8 Å². The maximum Gasteiger partial charge on any atom is 0.191 e. The second-order valence-corrected chi connectivity index (χ2v) is 7.65. The minimum atomic E-state index is -0.247. The summed E-state index contributed by atoms with van der Waals surface area (Å²) in [7, 11) is 0. The lowest BCUT2D eigenvalue weighted by Gasteiger charge is -2.20. The van der Waals surface area contributed by atoms with Crippen LogP contribution in [0.25, 0.3) is 5.69 Å². The standard InChI is InChI=1S/C24H29FN6/c1-2-26-24(28-21-13-16-30(18-21)22-6-4-3-5-7-22)27-15-12-20-14-17-31(29-20)23-10-8-19(25)9-11-23/h3-11,14,17,21H,2,12-13,15-16,18H2,1H3,(H2,26,27,28). The van der Waals surface area contributed by atoms with Gasteiger partial charge in [-0.15, -0.1) is 0 Å². The molecule has 1 saturated heterocycles. The van der Waals surface area contributed by atoms with Crippen LogP contribution in [0.15, 0.2) is 71.9 Å². The highest BCUT2D eigenvalue weighted by atomic mass is 19.1. The fourth-order valence-corrected chi connectivity index (χ4v) is 3.78. The van der Waals surface area contributed by atoms with Crippen molar-refractivity contribution in [2.75, 3.05) is 31.1 Å². The zero-order chi connectivity index (χ0) is 21.5. The first-order chi connectivity index (χ1) is 15.2. The number of hydrogen-bond donors (Lipinski definition) is 2. The summed E-state index contributed by atoms with van der Waals surface area (Å²) >= 11 is 0. The number of guanidine groups is 1. The van der Waals surface area contributed by atoms with Gasteiger partial charge >= 0.3 is 0 Å². The summed E-state index contributed by atoms with van der Waals surface area (Å²) in [4.78, 5) is 7.15. The average molecular weight is 421 g/mol. The van der Waals surface area contributed by atoms with E-state index >= 15 is 0 Å². The lowest BCUT2D eigenvalue weighted by Crippen LogP contribution is -2.44. The molecule has 1 unspecified atom stereocenters. The number of rotatable bonds is 7. The molecule has 31 heavy (non-hydrogen) atoms. The van der Waals surface area contributed by atoms with Crippen LogP contribution < -0.4 is 15.5 Å². The van der Waals surface area contributed by atoms with Crippen LogP contribution >= 0.6 is 0 Å². The molecule has 0 spiro atoms. The molecule has 0 bridgehead atoms. The summed E-state index contributed by atoms with van der Waals surface area (Å²) in [6, 6.07) is 19.2. The van der Waals surface area contributed by atoms with Crippen LogP contribution in [0.2, 0.25) is 0 Å². The van der Waals surface area contributed by atoms with E-state index < -0.39 is 0 Å². The fraction of sp³-hybridized carbons (Fsp3) is 0.333. The van der Waals surface area contributed by atoms with Gasteiger partial charge in [-0.2, -0.15) is 5.10 Å². The van der Waals surface area contributed by atoms with Gasteiger partial charge < -0.3 is 15.5 Å². The topological polar surface area (TPSA) is 57.5 Å². The molecule has 2 N–H and O–H groups in total. The maximum atomic E-state index is 13.1. The first kappa shape index (κ1) is 20.9. The van der Waals surface area contributed by atoms with Gasteiger partial charge in [0.15, 0.2) is 5.96 Å². The first-order valence-corrected chi connectivity index (χ1v) is 10.9. The van der Waals surface area contributed by atoms with Crippen molar-refractivity contribution in [3.63, 3.8) is 0 Å². The molecular formula is C24H29FN6. The molecule has 1 aliphatic rings. The van der Waals surface area contributed by atoms with Crippen molar-refractivity contribution in [1.29, 1.82) is 0 Å². The minimum Gasteiger partial charge on any atom is -0.369 e. The summed E-state index contributed by atoms with van der Waals surface area (Å²) in [6.07, 6.45) is 3.72. The van der Waals surface area contributed by atoms with Crippen molar-refractivity contribution in [2.45, 2.75) is 25.8 Å². The Hall–Kier alpha value is -3.35. The molecule has 0 saturated carbocycles. The highest BCUT2D eigenvalue weighted by Crippen LogP contribution is 2.19. The molecule has 1 aromatic heterocycles. The number of nitrogens with zero attached hydrogens (tertiary/aromatic N) is 4. The largest absolute Gasteiger partial charge is 0.369 e. The number of halogens is 1. The van der Waals surface area contributed by atoms with Crippen LogP contribution in [-0.4, -0.2) is 48.0 Å². The van der Waals surface area contributed by atoms with Gasteiger partial charge in [-0.1, -0.05) is 18.2 Å². The Morgan fingerprint density at radius 3 is 2.68 bits per heavy atom. The van der Waals surface area contributed by atoms with Gasteiger partial charge in [0.25, 0.3) is 0 Å². The monoisotopic (exact) mass is 420 g/mol. The molecule has 1 aliphatic heterocycles. The first-order valence-electron chi connectivity index (χ1n) is 10.9. The molecule has 2 heterocycles. The number of benzene rings is 2. The highest BCUT2D eigenvalue weighted by Gasteiger charge is 2.23. The molecule has 7 heteroatoms. The molecule has 0 aliphatic carbocycles. The summed E-state index contributed by atoms with van der Waals surface area (Å²) in [6.45, 7) is 5.55. The van der Waals surface area contributed by atoms with Crippen LogP contribution in [0.5, 0.6) is 0 Å². The van der Waals surface area contributed by atoms with Crippen molar-refractivity contribution in [3.05, 3.63) is 78.4 Å². The van der Waals surface area contributed by atoms with Crippen molar-refractivity contribution in [1.82, 2.24) is 20.4 Å². The number of aliphatic imine (C=N–C) groups is 1. The summed E-state index contributed by atoms with van der Waals surface area (Å²) in [5.74, 6) is 0.600. The Bertz CT molecular complexity index is 983. The van der Waals surface area contributed by atoms with Gasteiger partial charge in [0, 0.05) is 50.5 Å². The lowest BCUT2D eigenvalue weighted by molar-refractivity contribution is 0.627. The van der Waals surface area contributed by atoms with Crippen molar-refractivity contribution < 1.29 is 4.39 Å². The number of para-hydroxylation sites is 1. The maximum absolute atomic E-state index is 13.1. The molecule has 0 amide bonds. The molecule has 1 fully saturated rings. The number of aromatic nitrogens is 2. The summed E-state index contributed by atoms with van der Waals surface area (Å²) < 4.78 is 14.9. The third kappa shape index (κ3) is 5.63. The molecule has 0 radical (unpaired) electrons. The molecular weight excluding hydrogens is 391 g/mol. The number of anilines is 1. The van der Waals surface area contributed by atoms with Crippen LogP contribution in [-0.2, 0) is 6.42 Å². The Morgan fingerprint density at radius 2 is 1.90 bits per heavy atom. The van der Waals surface area contributed by atoms with Gasteiger partial charge in [0.2, 0.25) is 0 Å². The summed E-state index contributed by atoms with van der Waals surface area (Å²) in [5, 5.41) is 11.5. The summed E-state index contributed by atoms with van der Waals surface area (Å²) in [5.41, 5.74) is 3.07. The normalized spacial score (nSPS) is 16.5. The predicted octanol–water partition coefficient (Wildman–Crippen LogP) is 3.39. The fourth-order valence-electron chi connectivity index (χ4n) is 3.78. The van der Waals surface area contributed by atoms with Crippen LogP contribution in [0.1, 0.15) is 19.0 Å². The smallest absolute Gasteiger partial charge is 0.191 e. The van der Waals surface area contributed by atoms with E-state index in [1.54, 1.807) is 16.8 Å². The Morgan fingerprint density at radius 1 is 1.10 bits per heavy atom. The second kappa shape index (κ2) is 10.1. The van der Waals surface area contributed by atoms with E-state index in [-0.39, 0.29) is 5.82 Å². The number of nitrogens with one attached hydrogen (secondary N) is 2. The number of hydrogen-bond acceptors (Lipinski definition) is 3. The quantitative estimate of drug-likeness (QED) is 0.454.